The second-order valence-electron chi connectivity index (χ2n) is 11.9. The lowest BCUT2D eigenvalue weighted by atomic mass is 9.90. The molecule has 0 spiro atoms. The molecule has 0 bridgehead atoms. The fourth-order valence-electron chi connectivity index (χ4n) is 6.54. The summed E-state index contributed by atoms with van der Waals surface area (Å²) in [6.45, 7) is 0.716. The van der Waals surface area contributed by atoms with E-state index in [9.17, 15) is 22.8 Å². The van der Waals surface area contributed by atoms with Crippen LogP contribution in [0, 0.1) is 5.92 Å². The number of amides is 2. The van der Waals surface area contributed by atoms with Crippen molar-refractivity contribution in [2.45, 2.75) is 44.5 Å². The third kappa shape index (κ3) is 5.83. The molecule has 4 aliphatic rings. The first-order valence-corrected chi connectivity index (χ1v) is 15.3. The number of hydrogen-bond acceptors (Lipinski definition) is 7. The van der Waals surface area contributed by atoms with E-state index >= 15 is 0 Å². The zero-order valence-electron chi connectivity index (χ0n) is 25.2. The average Bonchev–Trinajstić information content (AvgIpc) is 3.60. The number of amidine groups is 1. The van der Waals surface area contributed by atoms with Gasteiger partial charge in [-0.1, -0.05) is 30.3 Å². The molecule has 4 aliphatic heterocycles. The van der Waals surface area contributed by atoms with Gasteiger partial charge in [0.25, 0.3) is 11.7 Å². The van der Waals surface area contributed by atoms with Gasteiger partial charge in [-0.05, 0) is 55.2 Å². The molecule has 5 heterocycles. The van der Waals surface area contributed by atoms with Crippen LogP contribution < -0.4 is 15.9 Å². The molecule has 0 saturated carbocycles. The number of halogens is 3. The summed E-state index contributed by atoms with van der Waals surface area (Å²) in [6.07, 6.45) is 4.57. The van der Waals surface area contributed by atoms with Crippen molar-refractivity contribution < 1.29 is 32.1 Å². The largest absolute Gasteiger partial charge is 0.488 e. The smallest absolute Gasteiger partial charge is 0.416 e. The number of fused-ring (bicyclic) bond motifs is 2. The normalized spacial score (nSPS) is 23.4. The quantitative estimate of drug-likeness (QED) is 0.259. The molecule has 3 atom stereocenters. The molecule has 7 rings (SSSR count). The van der Waals surface area contributed by atoms with Crippen LogP contribution in [0.4, 0.5) is 19.0 Å². The first-order valence-electron chi connectivity index (χ1n) is 15.3. The van der Waals surface area contributed by atoms with Gasteiger partial charge in [0.15, 0.2) is 0 Å². The van der Waals surface area contributed by atoms with Crippen LogP contribution in [-0.4, -0.2) is 50.9 Å². The Morgan fingerprint density at radius 3 is 2.72 bits per heavy atom. The molecular formula is C34H31F3N7O3+. The van der Waals surface area contributed by atoms with Crippen molar-refractivity contribution in [2.24, 2.45) is 21.7 Å². The van der Waals surface area contributed by atoms with Gasteiger partial charge in [0.1, 0.15) is 35.6 Å². The maximum absolute atomic E-state index is 13.3. The molecule has 0 radical (unpaired) electrons. The van der Waals surface area contributed by atoms with Crippen molar-refractivity contribution in [1.29, 1.82) is 0 Å². The van der Waals surface area contributed by atoms with E-state index in [2.05, 4.69) is 15.3 Å². The number of aromatic nitrogens is 1. The van der Waals surface area contributed by atoms with Crippen molar-refractivity contribution >= 4 is 29.7 Å². The highest BCUT2D eigenvalue weighted by atomic mass is 19.4. The molecular weight excluding hydrogens is 611 g/mol. The molecule has 3 N–H and O–H groups in total. The van der Waals surface area contributed by atoms with Gasteiger partial charge in [-0.15, -0.1) is 4.59 Å². The fourth-order valence-corrected chi connectivity index (χ4v) is 6.54. The summed E-state index contributed by atoms with van der Waals surface area (Å²) < 4.78 is 45.8. The second kappa shape index (κ2) is 11.9. The monoisotopic (exact) mass is 642 g/mol. The molecule has 2 fully saturated rings. The van der Waals surface area contributed by atoms with Gasteiger partial charge in [0.05, 0.1) is 18.0 Å². The highest BCUT2D eigenvalue weighted by molar-refractivity contribution is 6.07. The molecule has 2 saturated heterocycles. The number of pyridine rings is 1. The molecule has 47 heavy (non-hydrogen) atoms. The Bertz CT molecular complexity index is 1870. The first kappa shape index (κ1) is 30.5. The van der Waals surface area contributed by atoms with Crippen molar-refractivity contribution in [3.8, 4) is 5.75 Å². The van der Waals surface area contributed by atoms with Crippen LogP contribution in [0.25, 0.3) is 0 Å². The third-order valence-corrected chi connectivity index (χ3v) is 8.98. The summed E-state index contributed by atoms with van der Waals surface area (Å²) in [7, 11) is 0. The average molecular weight is 643 g/mol. The number of carbonyl (C=O) groups is 2. The summed E-state index contributed by atoms with van der Waals surface area (Å²) in [6, 6.07) is 16.0. The van der Waals surface area contributed by atoms with Crippen molar-refractivity contribution in [2.75, 3.05) is 11.9 Å². The molecule has 240 valence electrons. The molecule has 2 amide bonds. The van der Waals surface area contributed by atoms with Crippen LogP contribution in [0.5, 0.6) is 5.75 Å². The van der Waals surface area contributed by atoms with E-state index < -0.39 is 17.6 Å². The second-order valence-corrected chi connectivity index (χ2v) is 11.9. The van der Waals surface area contributed by atoms with Gasteiger partial charge >= 0.3 is 6.18 Å². The highest BCUT2D eigenvalue weighted by Gasteiger charge is 2.48. The fraction of sp³-hybridized carbons (Fsp3) is 0.265. The molecule has 0 aliphatic carbocycles. The lowest BCUT2D eigenvalue weighted by Crippen LogP contribution is -2.53. The van der Waals surface area contributed by atoms with E-state index in [-0.39, 0.29) is 40.4 Å². The number of ether oxygens (including phenoxy) is 1. The zero-order valence-corrected chi connectivity index (χ0v) is 25.2. The van der Waals surface area contributed by atoms with E-state index in [4.69, 9.17) is 15.6 Å². The van der Waals surface area contributed by atoms with Crippen LogP contribution in [0.2, 0.25) is 0 Å². The van der Waals surface area contributed by atoms with E-state index in [1.165, 1.54) is 12.1 Å². The Balaban J connectivity index is 1.24. The van der Waals surface area contributed by atoms with E-state index in [1.54, 1.807) is 24.7 Å². The third-order valence-electron chi connectivity index (χ3n) is 8.98. The van der Waals surface area contributed by atoms with E-state index in [0.29, 0.717) is 35.8 Å². The highest BCUT2D eigenvalue weighted by Crippen LogP contribution is 2.42. The van der Waals surface area contributed by atoms with E-state index in [0.717, 1.165) is 48.9 Å². The topological polar surface area (TPSA) is 122 Å². The predicted molar refractivity (Wildman–Crippen MR) is 168 cm³/mol. The molecule has 3 aromatic rings. The Kier molecular flexibility index (Phi) is 7.73. The summed E-state index contributed by atoms with van der Waals surface area (Å²) in [4.78, 5) is 41.2. The molecule has 10 nitrogen and oxygen atoms in total. The van der Waals surface area contributed by atoms with Gasteiger partial charge in [0.2, 0.25) is 11.6 Å². The number of nitrogens with two attached hydrogens (primary N) is 1. The number of carbonyl (C=O) groups excluding carboxylic acids is 2. The number of aliphatic imine (C=N–C) groups is 2. The first-order chi connectivity index (χ1) is 22.6. The minimum atomic E-state index is -4.59. The van der Waals surface area contributed by atoms with Crippen LogP contribution in [-0.2, 0) is 17.6 Å². The lowest BCUT2D eigenvalue weighted by Gasteiger charge is -2.35. The van der Waals surface area contributed by atoms with Gasteiger partial charge < -0.3 is 15.0 Å². The summed E-state index contributed by atoms with van der Waals surface area (Å²) in [5.74, 6) is 7.00. The Morgan fingerprint density at radius 2 is 1.91 bits per heavy atom. The number of hydrogen-bond donors (Lipinski definition) is 2. The number of allylic oxidation sites excluding steroid dienone is 1. The van der Waals surface area contributed by atoms with Gasteiger partial charge in [0, 0.05) is 36.7 Å². The summed E-state index contributed by atoms with van der Waals surface area (Å²) in [5.41, 5.74) is 2.04. The minimum absolute atomic E-state index is 0.0431. The van der Waals surface area contributed by atoms with Gasteiger partial charge in [-0.3, -0.25) is 14.6 Å². The number of nitrogens with zero attached hydrogens (tertiary/aromatic N) is 5. The number of benzene rings is 2. The van der Waals surface area contributed by atoms with Crippen LogP contribution >= 0.6 is 0 Å². The van der Waals surface area contributed by atoms with Crippen molar-refractivity contribution in [3.05, 3.63) is 113 Å². The number of anilines is 1. The SMILES string of the molecule is N[N+]12C=CN=CC1=C([C@@H]1CC[C@H]3CCC(=O)N3C1)N=C2c1ccc(C(=O)Nc2cc(C(F)(F)F)ccn2)cc1OCc1ccccc1. The number of piperidine rings is 1. The van der Waals surface area contributed by atoms with Crippen LogP contribution in [0.1, 0.15) is 52.7 Å². The summed E-state index contributed by atoms with van der Waals surface area (Å²) in [5, 5.41) is 2.45. The molecule has 13 heteroatoms. The molecule has 2 aromatic carbocycles. The molecule has 1 unspecified atom stereocenters. The van der Waals surface area contributed by atoms with Gasteiger partial charge in [-0.25, -0.2) is 4.98 Å². The Hall–Kier alpha value is -5.14. The number of nitrogens with one attached hydrogen (secondary N) is 1. The van der Waals surface area contributed by atoms with Crippen molar-refractivity contribution in [1.82, 2.24) is 9.88 Å². The predicted octanol–water partition coefficient (Wildman–Crippen LogP) is 5.55. The standard InChI is InChI=1S/C34H30F3N7O3/c35-34(36,37)24-12-13-40-29(17-24)41-33(46)22-7-10-26(28(16-22)47-20-21-4-2-1-3-5-21)32-42-31(27-18-39-14-15-44(27,32)38)23-6-8-25-9-11-30(45)43(25)19-23/h1-5,7,10,12-18,23,25H,6,8-9,11,19-20,38H2/p+1/t23-,25+,44?/m1/s1. The maximum atomic E-state index is 13.3. The Labute approximate surface area is 268 Å². The number of quaternary nitrogens is 1. The van der Waals surface area contributed by atoms with Crippen molar-refractivity contribution in [3.63, 3.8) is 0 Å². The summed E-state index contributed by atoms with van der Waals surface area (Å²) >= 11 is 0. The van der Waals surface area contributed by atoms with Gasteiger partial charge in [-0.2, -0.15) is 24.0 Å². The number of rotatable bonds is 7. The van der Waals surface area contributed by atoms with Crippen LogP contribution in [0.3, 0.4) is 0 Å². The Morgan fingerprint density at radius 1 is 1.09 bits per heavy atom. The maximum Gasteiger partial charge on any atom is 0.416 e. The minimum Gasteiger partial charge on any atom is -0.488 e. The zero-order chi connectivity index (χ0) is 32.8. The van der Waals surface area contributed by atoms with Crippen LogP contribution in [0.15, 0.2) is 101 Å². The van der Waals surface area contributed by atoms with E-state index in [1.807, 2.05) is 35.2 Å². The lowest BCUT2D eigenvalue weighted by molar-refractivity contribution is -0.750. The number of alkyl halides is 3. The molecule has 1 aromatic heterocycles.